The summed E-state index contributed by atoms with van der Waals surface area (Å²) < 4.78 is 13.5. The van der Waals surface area contributed by atoms with Crippen LogP contribution in [-0.4, -0.2) is 23.5 Å². The molecule has 98 valence electrons. The molecule has 1 aliphatic heterocycles. The van der Waals surface area contributed by atoms with Crippen molar-refractivity contribution in [3.8, 4) is 0 Å². The van der Waals surface area contributed by atoms with Crippen molar-refractivity contribution in [1.82, 2.24) is 10.3 Å². The summed E-state index contributed by atoms with van der Waals surface area (Å²) in [4.78, 5) is 16.0. The maximum atomic E-state index is 13.5. The van der Waals surface area contributed by atoms with Crippen molar-refractivity contribution in [1.29, 1.82) is 0 Å². The van der Waals surface area contributed by atoms with Gasteiger partial charge >= 0.3 is 0 Å². The zero-order chi connectivity index (χ0) is 13.2. The van der Waals surface area contributed by atoms with Gasteiger partial charge in [0.2, 0.25) is 5.91 Å². The van der Waals surface area contributed by atoms with E-state index in [1.54, 1.807) is 18.5 Å². The minimum Gasteiger partial charge on any atom is -0.324 e. The third-order valence-corrected chi connectivity index (χ3v) is 3.35. The highest BCUT2D eigenvalue weighted by Gasteiger charge is 2.22. The molecule has 3 rings (SSSR count). The molecule has 0 spiro atoms. The molecule has 1 fully saturated rings. The molecule has 1 unspecified atom stereocenters. The topological polar surface area (TPSA) is 54.0 Å². The van der Waals surface area contributed by atoms with E-state index in [0.29, 0.717) is 11.1 Å². The first-order valence-corrected chi connectivity index (χ1v) is 6.31. The Bertz CT molecular complexity index is 623. The number of nitrogens with zero attached hydrogens (tertiary/aromatic N) is 1. The quantitative estimate of drug-likeness (QED) is 0.868. The van der Waals surface area contributed by atoms with Crippen molar-refractivity contribution in [2.75, 3.05) is 11.9 Å². The van der Waals surface area contributed by atoms with Crippen LogP contribution < -0.4 is 10.6 Å². The molecule has 5 heteroatoms. The monoisotopic (exact) mass is 259 g/mol. The van der Waals surface area contributed by atoms with Crippen molar-refractivity contribution in [3.63, 3.8) is 0 Å². The van der Waals surface area contributed by atoms with Gasteiger partial charge in [-0.25, -0.2) is 4.39 Å². The molecule has 1 aromatic carbocycles. The lowest BCUT2D eigenvalue weighted by molar-refractivity contribution is -0.117. The SMILES string of the molecule is O=C(Nc1cc(F)cc2cnccc12)C1CCCN1. The maximum Gasteiger partial charge on any atom is 0.241 e. The van der Waals surface area contributed by atoms with E-state index in [9.17, 15) is 9.18 Å². The number of benzene rings is 1. The van der Waals surface area contributed by atoms with Crippen molar-refractivity contribution < 1.29 is 9.18 Å². The average Bonchev–Trinajstić information content (AvgIpc) is 2.92. The fraction of sp³-hybridized carbons (Fsp3) is 0.286. The number of pyridine rings is 1. The van der Waals surface area contributed by atoms with Crippen LogP contribution in [0.3, 0.4) is 0 Å². The van der Waals surface area contributed by atoms with E-state index in [0.717, 1.165) is 24.8 Å². The van der Waals surface area contributed by atoms with Crippen LogP contribution in [0.1, 0.15) is 12.8 Å². The van der Waals surface area contributed by atoms with Gasteiger partial charge in [0.25, 0.3) is 0 Å². The summed E-state index contributed by atoms with van der Waals surface area (Å²) in [6, 6.07) is 4.34. The predicted octanol–water partition coefficient (Wildman–Crippen LogP) is 2.06. The summed E-state index contributed by atoms with van der Waals surface area (Å²) in [7, 11) is 0. The van der Waals surface area contributed by atoms with Crippen molar-refractivity contribution in [2.45, 2.75) is 18.9 Å². The largest absolute Gasteiger partial charge is 0.324 e. The van der Waals surface area contributed by atoms with Crippen LogP contribution >= 0.6 is 0 Å². The first-order valence-electron chi connectivity index (χ1n) is 6.31. The molecule has 1 amide bonds. The number of nitrogens with one attached hydrogen (secondary N) is 2. The van der Waals surface area contributed by atoms with Crippen molar-refractivity contribution in [3.05, 3.63) is 36.4 Å². The summed E-state index contributed by atoms with van der Waals surface area (Å²) in [5.41, 5.74) is 0.496. The molecule has 1 atom stereocenters. The van der Waals surface area contributed by atoms with Gasteiger partial charge in [0, 0.05) is 23.2 Å². The van der Waals surface area contributed by atoms with Gasteiger partial charge in [0.1, 0.15) is 5.82 Å². The van der Waals surface area contributed by atoms with E-state index in [4.69, 9.17) is 0 Å². The Labute approximate surface area is 110 Å². The summed E-state index contributed by atoms with van der Waals surface area (Å²) in [5.74, 6) is -0.489. The Hall–Kier alpha value is -2.01. The number of hydrogen-bond donors (Lipinski definition) is 2. The summed E-state index contributed by atoms with van der Waals surface area (Å²) in [6.45, 7) is 0.853. The third-order valence-electron chi connectivity index (χ3n) is 3.35. The van der Waals surface area contributed by atoms with Gasteiger partial charge < -0.3 is 10.6 Å². The Morgan fingerprint density at radius 2 is 2.37 bits per heavy atom. The summed E-state index contributed by atoms with van der Waals surface area (Å²) >= 11 is 0. The first kappa shape index (κ1) is 12.0. The lowest BCUT2D eigenvalue weighted by Crippen LogP contribution is -2.35. The van der Waals surface area contributed by atoms with Gasteiger partial charge in [0.15, 0.2) is 0 Å². The van der Waals surface area contributed by atoms with Gasteiger partial charge in [-0.2, -0.15) is 0 Å². The molecule has 2 aromatic rings. The maximum absolute atomic E-state index is 13.5. The molecule has 0 bridgehead atoms. The average molecular weight is 259 g/mol. The third kappa shape index (κ3) is 2.42. The fourth-order valence-electron chi connectivity index (χ4n) is 2.40. The van der Waals surface area contributed by atoms with Gasteiger partial charge in [-0.3, -0.25) is 9.78 Å². The van der Waals surface area contributed by atoms with Crippen LogP contribution in [-0.2, 0) is 4.79 Å². The second kappa shape index (κ2) is 4.93. The van der Waals surface area contributed by atoms with Crippen LogP contribution in [0.4, 0.5) is 10.1 Å². The molecule has 0 saturated carbocycles. The highest BCUT2D eigenvalue weighted by atomic mass is 19.1. The Balaban J connectivity index is 1.93. The van der Waals surface area contributed by atoms with Crippen LogP contribution in [0, 0.1) is 5.82 Å². The fourth-order valence-corrected chi connectivity index (χ4v) is 2.40. The Kier molecular flexibility index (Phi) is 3.13. The molecule has 0 aliphatic carbocycles. The molecular weight excluding hydrogens is 245 g/mol. The number of carbonyl (C=O) groups is 1. The van der Waals surface area contributed by atoms with Crippen LogP contribution in [0.2, 0.25) is 0 Å². The smallest absolute Gasteiger partial charge is 0.241 e. The number of fused-ring (bicyclic) bond motifs is 1. The summed E-state index contributed by atoms with van der Waals surface area (Å²) in [6.07, 6.45) is 5.03. The number of hydrogen-bond acceptors (Lipinski definition) is 3. The van der Waals surface area contributed by atoms with Crippen LogP contribution in [0.25, 0.3) is 10.8 Å². The lowest BCUT2D eigenvalue weighted by atomic mass is 10.1. The minimum absolute atomic E-state index is 0.110. The Morgan fingerprint density at radius 3 is 3.16 bits per heavy atom. The van der Waals surface area contributed by atoms with E-state index in [-0.39, 0.29) is 17.8 Å². The summed E-state index contributed by atoms with van der Waals surface area (Å²) in [5, 5.41) is 7.39. The zero-order valence-corrected chi connectivity index (χ0v) is 10.3. The van der Waals surface area contributed by atoms with E-state index in [2.05, 4.69) is 15.6 Å². The number of anilines is 1. The van der Waals surface area contributed by atoms with Crippen LogP contribution in [0.5, 0.6) is 0 Å². The number of aromatic nitrogens is 1. The molecule has 1 aromatic heterocycles. The molecule has 2 heterocycles. The number of carbonyl (C=O) groups excluding carboxylic acids is 1. The predicted molar refractivity (Wildman–Crippen MR) is 71.4 cm³/mol. The van der Waals surface area contributed by atoms with Gasteiger partial charge in [-0.05, 0) is 37.6 Å². The number of rotatable bonds is 2. The highest BCUT2D eigenvalue weighted by molar-refractivity contribution is 6.03. The van der Waals surface area contributed by atoms with E-state index in [1.165, 1.54) is 12.1 Å². The molecule has 1 saturated heterocycles. The highest BCUT2D eigenvalue weighted by Crippen LogP contribution is 2.24. The standard InChI is InChI=1S/C14H14FN3O/c15-10-6-9-8-16-5-3-11(9)13(7-10)18-14(19)12-2-1-4-17-12/h3,5-8,12,17H,1-2,4H2,(H,18,19). The van der Waals surface area contributed by atoms with Crippen molar-refractivity contribution >= 4 is 22.4 Å². The minimum atomic E-state index is -0.379. The first-order chi connectivity index (χ1) is 9.24. The molecular formula is C14H14FN3O. The number of halogens is 1. The molecule has 2 N–H and O–H groups in total. The van der Waals surface area contributed by atoms with E-state index >= 15 is 0 Å². The van der Waals surface area contributed by atoms with E-state index in [1.807, 2.05) is 0 Å². The second-order valence-corrected chi connectivity index (χ2v) is 4.69. The number of amides is 1. The van der Waals surface area contributed by atoms with Crippen LogP contribution in [0.15, 0.2) is 30.6 Å². The Morgan fingerprint density at radius 1 is 1.47 bits per heavy atom. The van der Waals surface area contributed by atoms with Gasteiger partial charge in [-0.15, -0.1) is 0 Å². The molecule has 19 heavy (non-hydrogen) atoms. The van der Waals surface area contributed by atoms with Crippen molar-refractivity contribution in [2.24, 2.45) is 0 Å². The molecule has 0 radical (unpaired) electrons. The van der Waals surface area contributed by atoms with E-state index < -0.39 is 0 Å². The molecule has 4 nitrogen and oxygen atoms in total. The second-order valence-electron chi connectivity index (χ2n) is 4.69. The van der Waals surface area contributed by atoms with Gasteiger partial charge in [0.05, 0.1) is 11.7 Å². The lowest BCUT2D eigenvalue weighted by Gasteiger charge is -2.13. The zero-order valence-electron chi connectivity index (χ0n) is 10.3. The normalized spacial score (nSPS) is 18.7. The van der Waals surface area contributed by atoms with Gasteiger partial charge in [-0.1, -0.05) is 0 Å². The molecule has 1 aliphatic rings.